The number of nitrogens with one attached hydrogen (secondary N) is 2. The zero-order valence-electron chi connectivity index (χ0n) is 32.1. The Kier molecular flexibility index (Phi) is 7.74. The summed E-state index contributed by atoms with van der Waals surface area (Å²) < 4.78 is 7.06. The molecule has 61 heavy (non-hydrogen) atoms. The Morgan fingerprint density at radius 3 is 1.03 bits per heavy atom. The van der Waals surface area contributed by atoms with Crippen molar-refractivity contribution in [2.45, 2.75) is 0 Å². The second-order valence-corrected chi connectivity index (χ2v) is 40.2. The van der Waals surface area contributed by atoms with Crippen LogP contribution in [0.5, 0.6) is 0 Å². The van der Waals surface area contributed by atoms with Crippen LogP contribution in [0.25, 0.3) is 89.7 Å². The van der Waals surface area contributed by atoms with Crippen molar-refractivity contribution < 1.29 is 13.6 Å². The van der Waals surface area contributed by atoms with Crippen molar-refractivity contribution >= 4 is 108 Å². The predicted octanol–water partition coefficient (Wildman–Crippen LogP) is 9.73. The maximum absolute atomic E-state index is 5.45. The van der Waals surface area contributed by atoms with Gasteiger partial charge >= 0.3 is 349 Å². The summed E-state index contributed by atoms with van der Waals surface area (Å²) in [6, 6.07) is 50.0. The van der Waals surface area contributed by atoms with E-state index in [1.54, 1.807) is 0 Å². The molecule has 2 aliphatic rings. The van der Waals surface area contributed by atoms with Gasteiger partial charge in [-0.1, -0.05) is 18.2 Å². The number of H-pyrrole nitrogens is 2. The molecule has 0 aliphatic carbocycles. The number of fused-ring (bicyclic) bond motifs is 20. The van der Waals surface area contributed by atoms with Crippen LogP contribution in [-0.4, -0.2) is 39.9 Å². The van der Waals surface area contributed by atoms with Crippen LogP contribution in [-0.2, 0) is 13.6 Å². The Balaban J connectivity index is 1.21. The molecule has 9 heterocycles. The Labute approximate surface area is 364 Å². The molecule has 4 aromatic carbocycles. The summed E-state index contributed by atoms with van der Waals surface area (Å²) in [5.41, 5.74) is 6.36. The second-order valence-electron chi connectivity index (χ2n) is 16.2. The van der Waals surface area contributed by atoms with Crippen LogP contribution in [0.2, 0.25) is 0 Å². The number of hydrogen-bond acceptors (Lipinski definition) is 10. The molecule has 0 unspecified atom stereocenters. The fourth-order valence-electron chi connectivity index (χ4n) is 10.8. The van der Waals surface area contributed by atoms with Crippen molar-refractivity contribution in [1.82, 2.24) is 39.9 Å². The molecule has 7 aromatic heterocycles. The van der Waals surface area contributed by atoms with E-state index in [4.69, 9.17) is 29.9 Å². The van der Waals surface area contributed by atoms with Gasteiger partial charge in [0.2, 0.25) is 0 Å². The number of nitrogens with zero attached hydrogens (tertiary/aromatic N) is 6. The van der Waals surface area contributed by atoms with Crippen molar-refractivity contribution in [3.05, 3.63) is 161 Å². The third kappa shape index (κ3) is 4.86. The zero-order chi connectivity index (χ0) is 40.1. The number of thiophene rings is 4. The molecule has 0 amide bonds. The first-order valence-electron chi connectivity index (χ1n) is 20.3. The predicted molar refractivity (Wildman–Crippen MR) is 251 cm³/mol. The number of hydrogen-bond donors (Lipinski definition) is 2. The van der Waals surface area contributed by atoms with Gasteiger partial charge in [-0.3, -0.25) is 0 Å². The first-order valence-corrected chi connectivity index (χ1v) is 31.2. The minimum absolute atomic E-state index is 0.583. The van der Waals surface area contributed by atoms with Crippen molar-refractivity contribution in [2.75, 3.05) is 0 Å². The maximum atomic E-state index is 5.45. The van der Waals surface area contributed by atoms with Gasteiger partial charge in [0, 0.05) is 0 Å². The average Bonchev–Trinajstić information content (AvgIpc) is 4.16. The topological polar surface area (TPSA) is 109 Å². The minimum atomic E-state index is -5.09. The average molecular weight is 911 g/mol. The zero-order valence-corrected chi connectivity index (χ0v) is 38.3. The number of aromatic amines is 2. The Morgan fingerprint density at radius 1 is 0.328 bits per heavy atom. The summed E-state index contributed by atoms with van der Waals surface area (Å²) >= 11 is 2.42. The van der Waals surface area contributed by atoms with Crippen LogP contribution in [0, 0.1) is 0 Å². The van der Waals surface area contributed by atoms with E-state index in [0.29, 0.717) is 45.9 Å². The molecule has 0 spiro atoms. The van der Waals surface area contributed by atoms with E-state index in [9.17, 15) is 0 Å². The monoisotopic (exact) mass is 909 g/mol. The molecule has 0 atom stereocenters. The van der Waals surface area contributed by atoms with E-state index < -0.39 is 13.6 Å². The fourth-order valence-corrected chi connectivity index (χ4v) is 56.3. The molecule has 2 aliphatic heterocycles. The van der Waals surface area contributed by atoms with Gasteiger partial charge in [0.05, 0.1) is 0 Å². The van der Waals surface area contributed by atoms with Crippen LogP contribution in [0.4, 0.5) is 0 Å². The van der Waals surface area contributed by atoms with E-state index in [2.05, 4.69) is 135 Å². The van der Waals surface area contributed by atoms with Crippen molar-refractivity contribution in [1.29, 1.82) is 0 Å². The van der Waals surface area contributed by atoms with E-state index in [-0.39, 0.29) is 0 Å². The fraction of sp³-hybridized carbons (Fsp3) is 0. The molecule has 11 aromatic rings. The van der Waals surface area contributed by atoms with Crippen LogP contribution in [0.1, 0.15) is 0 Å². The third-order valence-corrected chi connectivity index (χ3v) is 50.7. The summed E-state index contributed by atoms with van der Waals surface area (Å²) in [5.74, 6) is 2.34. The molecular weight excluding hydrogens is 882 g/mol. The van der Waals surface area contributed by atoms with Crippen LogP contribution in [0.3, 0.4) is 0 Å². The summed E-state index contributed by atoms with van der Waals surface area (Å²) in [6.07, 6.45) is 0. The quantitative estimate of drug-likeness (QED) is 0.167. The van der Waals surface area contributed by atoms with E-state index in [1.807, 2.05) is 81.7 Å². The normalized spacial score (nSPS) is 12.5. The Hall–Kier alpha value is -6.34. The number of rotatable bonds is 5. The molecule has 8 nitrogen and oxygen atoms in total. The molecule has 0 saturated heterocycles. The van der Waals surface area contributed by atoms with E-state index in [0.717, 1.165) is 43.8 Å². The van der Waals surface area contributed by atoms with Crippen LogP contribution in [0.15, 0.2) is 161 Å². The van der Waals surface area contributed by atoms with Gasteiger partial charge < -0.3 is 0 Å². The van der Waals surface area contributed by atoms with Gasteiger partial charge in [-0.25, -0.2) is 0 Å². The first-order chi connectivity index (χ1) is 30.2. The van der Waals surface area contributed by atoms with Crippen LogP contribution >= 0.6 is 45.3 Å². The van der Waals surface area contributed by atoms with Gasteiger partial charge in [-0.05, 0) is 0 Å². The van der Waals surface area contributed by atoms with E-state index >= 15 is 0 Å². The van der Waals surface area contributed by atoms with E-state index in [1.165, 1.54) is 18.0 Å². The molecular formula is C48H29N8S4Zn. The molecule has 0 radical (unpaired) electrons. The standard InChI is InChI=1S/C32H17N8.4C4H3S.Zn/c1-2-10-18-17(9-1)25-33-26(18)38-28-21-13-5-6-14-22(21)30(35-28)40-32-24-16-8-7-15-23(24)31(36-32)39-29-20-12-4-3-11-19(20)27(34-29)37-25;4*1-2-4-5-3-1;/h1-7,9-16H,(H2,33,34,35,36,37,38,39,40);4*1-3H;. The number of aromatic nitrogens is 8. The van der Waals surface area contributed by atoms with Gasteiger partial charge in [0.1, 0.15) is 0 Å². The molecule has 0 fully saturated rings. The molecule has 13 heteroatoms. The Morgan fingerprint density at radius 2 is 0.672 bits per heavy atom. The molecule has 2 N–H and O–H groups in total. The summed E-state index contributed by atoms with van der Waals surface area (Å²) in [5, 5.41) is 12.8. The van der Waals surface area contributed by atoms with Crippen molar-refractivity contribution in [3.8, 4) is 45.6 Å². The van der Waals surface area contributed by atoms with Crippen molar-refractivity contribution in [2.24, 2.45) is 0 Å². The summed E-state index contributed by atoms with van der Waals surface area (Å²) in [6.45, 7) is 0. The van der Waals surface area contributed by atoms with Gasteiger partial charge in [0.25, 0.3) is 0 Å². The molecule has 0 saturated carbocycles. The van der Waals surface area contributed by atoms with Crippen LogP contribution < -0.4 is 18.0 Å². The molecule has 13 rings (SSSR count). The molecule has 287 valence electrons. The van der Waals surface area contributed by atoms with Gasteiger partial charge in [-0.2, -0.15) is 0 Å². The second kappa shape index (κ2) is 13.3. The Bertz CT molecular complexity index is 3530. The van der Waals surface area contributed by atoms with Gasteiger partial charge in [-0.15, -0.1) is 0 Å². The third-order valence-electron chi connectivity index (χ3n) is 13.5. The van der Waals surface area contributed by atoms with Gasteiger partial charge in [0.15, 0.2) is 0 Å². The molecule has 8 bridgehead atoms. The SMILES string of the molecule is c1cs[c]([Zn]([c]2ccc3c4nc5nc(nc6[nH]c(nc7nc(nc([nH]4)c3c2)-c2ccccc2-7)c2ccccc62)-c2ccccc2-5)([c]2cccs2)([c]2cccs2)[c]2cccs2)c1. The summed E-state index contributed by atoms with van der Waals surface area (Å²) in [7, 11) is 0. The first kappa shape index (κ1) is 35.4. The van der Waals surface area contributed by atoms with Crippen molar-refractivity contribution in [3.63, 3.8) is 0 Å². The number of benzene rings is 4. The summed E-state index contributed by atoms with van der Waals surface area (Å²) in [4.78, 5) is 38.7.